The maximum Gasteiger partial charge on any atom is 0.306 e. The molecule has 0 aliphatic rings. The highest BCUT2D eigenvalue weighted by Gasteiger charge is 2.07. The molecule has 1 aromatic carbocycles. The first-order chi connectivity index (χ1) is 9.70. The van der Waals surface area contributed by atoms with Gasteiger partial charge in [-0.3, -0.25) is 9.59 Å². The molecular weight excluding hydrogens is 256 g/mol. The number of esters is 2. The van der Waals surface area contributed by atoms with E-state index in [1.54, 1.807) is 0 Å². The van der Waals surface area contributed by atoms with Crippen molar-refractivity contribution in [1.29, 1.82) is 0 Å². The van der Waals surface area contributed by atoms with E-state index in [0.29, 0.717) is 0 Å². The Morgan fingerprint density at radius 3 is 1.30 bits per heavy atom. The average molecular weight is 276 g/mol. The van der Waals surface area contributed by atoms with E-state index in [1.165, 1.54) is 12.2 Å². The van der Waals surface area contributed by atoms with Gasteiger partial charge in [-0.05, 0) is 0 Å². The minimum absolute atomic E-state index is 0.0316. The summed E-state index contributed by atoms with van der Waals surface area (Å²) in [6, 6.07) is 12.0. The van der Waals surface area contributed by atoms with E-state index in [9.17, 15) is 9.59 Å². The second kappa shape index (κ2) is 13.1. The Bertz CT molecular complexity index is 347. The van der Waals surface area contributed by atoms with Crippen LogP contribution in [0.5, 0.6) is 0 Å². The molecule has 0 heterocycles. The van der Waals surface area contributed by atoms with Crippen LogP contribution >= 0.6 is 0 Å². The maximum atomic E-state index is 10.9. The molecule has 0 radical (unpaired) electrons. The maximum absolute atomic E-state index is 10.9. The summed E-state index contributed by atoms with van der Waals surface area (Å²) in [6.07, 6.45) is 3.00. The van der Waals surface area contributed by atoms with Crippen LogP contribution in [0.25, 0.3) is 0 Å². The first-order valence-electron chi connectivity index (χ1n) is 6.23. The van der Waals surface area contributed by atoms with E-state index in [4.69, 9.17) is 0 Å². The van der Waals surface area contributed by atoms with Crippen LogP contribution in [-0.2, 0) is 19.1 Å². The number of carbonyl (C=O) groups excluding carboxylic acids is 2. The number of hydrogen-bond acceptors (Lipinski definition) is 4. The molecular formula is C16H20O4. The van der Waals surface area contributed by atoms with E-state index in [0.717, 1.165) is 0 Å². The van der Waals surface area contributed by atoms with Crippen molar-refractivity contribution in [2.45, 2.75) is 12.8 Å². The number of ether oxygens (including phenoxy) is 2. The highest BCUT2D eigenvalue weighted by Crippen LogP contribution is 1.96. The third kappa shape index (κ3) is 12.1. The summed E-state index contributed by atoms with van der Waals surface area (Å²) in [5.41, 5.74) is 0. The standard InChI is InChI=1S/C10H14O4.C6H6/c1-3-7-13-9(11)5-6-10(12)14-8-4-2;1-2-4-6-5-3-1/h3-4H,1-2,5-8H2;1-6H. The minimum Gasteiger partial charge on any atom is -0.461 e. The molecule has 0 aliphatic carbocycles. The molecule has 0 aliphatic heterocycles. The topological polar surface area (TPSA) is 52.6 Å². The zero-order valence-corrected chi connectivity index (χ0v) is 11.5. The van der Waals surface area contributed by atoms with Crippen molar-refractivity contribution in [3.8, 4) is 0 Å². The first kappa shape index (κ1) is 17.6. The summed E-state index contributed by atoms with van der Waals surface area (Å²) in [7, 11) is 0. The lowest BCUT2D eigenvalue weighted by atomic mass is 10.3. The van der Waals surface area contributed by atoms with Crippen LogP contribution in [0.15, 0.2) is 61.7 Å². The Morgan fingerprint density at radius 1 is 0.750 bits per heavy atom. The van der Waals surface area contributed by atoms with Gasteiger partial charge in [0, 0.05) is 0 Å². The predicted octanol–water partition coefficient (Wildman–Crippen LogP) is 2.91. The molecule has 1 aromatic rings. The molecule has 0 aromatic heterocycles. The fourth-order valence-electron chi connectivity index (χ4n) is 1.04. The van der Waals surface area contributed by atoms with Crippen molar-refractivity contribution < 1.29 is 19.1 Å². The first-order valence-corrected chi connectivity index (χ1v) is 6.23. The van der Waals surface area contributed by atoms with Crippen LogP contribution in [0.2, 0.25) is 0 Å². The normalized spacial score (nSPS) is 8.60. The number of rotatable bonds is 7. The SMILES string of the molecule is C=CCOC(=O)CCC(=O)OCC=C.c1ccccc1. The summed E-state index contributed by atoms with van der Waals surface area (Å²) in [4.78, 5) is 21.8. The Morgan fingerprint density at radius 2 is 1.05 bits per heavy atom. The molecule has 4 heteroatoms. The summed E-state index contributed by atoms with van der Waals surface area (Å²) < 4.78 is 9.32. The molecule has 0 amide bonds. The van der Waals surface area contributed by atoms with Gasteiger partial charge in [0.15, 0.2) is 0 Å². The number of benzene rings is 1. The molecule has 0 fully saturated rings. The van der Waals surface area contributed by atoms with Crippen molar-refractivity contribution in [2.75, 3.05) is 13.2 Å². The molecule has 0 unspecified atom stereocenters. The molecule has 0 saturated heterocycles. The third-order valence-corrected chi connectivity index (χ3v) is 1.92. The Kier molecular flexibility index (Phi) is 11.5. The van der Waals surface area contributed by atoms with Gasteiger partial charge in [-0.1, -0.05) is 61.7 Å². The van der Waals surface area contributed by atoms with E-state index < -0.39 is 11.9 Å². The number of carbonyl (C=O) groups is 2. The number of hydrogen-bond donors (Lipinski definition) is 0. The highest BCUT2D eigenvalue weighted by atomic mass is 16.5. The van der Waals surface area contributed by atoms with E-state index in [-0.39, 0.29) is 26.1 Å². The summed E-state index contributed by atoms with van der Waals surface area (Å²) in [5.74, 6) is -0.860. The van der Waals surface area contributed by atoms with E-state index in [1.807, 2.05) is 36.4 Å². The van der Waals surface area contributed by atoms with E-state index >= 15 is 0 Å². The zero-order chi connectivity index (χ0) is 15.1. The second-order valence-corrected chi connectivity index (χ2v) is 3.60. The van der Waals surface area contributed by atoms with Crippen LogP contribution in [0.1, 0.15) is 12.8 Å². The fraction of sp³-hybridized carbons (Fsp3) is 0.250. The van der Waals surface area contributed by atoms with Crippen LogP contribution < -0.4 is 0 Å². The Balaban J connectivity index is 0.000000493. The molecule has 4 nitrogen and oxygen atoms in total. The van der Waals surface area contributed by atoms with E-state index in [2.05, 4.69) is 22.6 Å². The minimum atomic E-state index is -0.430. The van der Waals surface area contributed by atoms with Gasteiger partial charge in [-0.15, -0.1) is 0 Å². The molecule has 0 spiro atoms. The molecule has 0 N–H and O–H groups in total. The lowest BCUT2D eigenvalue weighted by molar-refractivity contribution is -0.149. The second-order valence-electron chi connectivity index (χ2n) is 3.60. The molecule has 108 valence electrons. The fourth-order valence-corrected chi connectivity index (χ4v) is 1.04. The lowest BCUT2D eigenvalue weighted by Gasteiger charge is -2.02. The summed E-state index contributed by atoms with van der Waals surface area (Å²) in [6.45, 7) is 7.11. The molecule has 1 rings (SSSR count). The zero-order valence-electron chi connectivity index (χ0n) is 11.5. The Hall–Kier alpha value is -2.36. The van der Waals surface area contributed by atoms with Crippen LogP contribution in [0, 0.1) is 0 Å². The van der Waals surface area contributed by atoms with Gasteiger partial charge in [0.05, 0.1) is 12.8 Å². The van der Waals surface area contributed by atoms with Gasteiger partial charge in [-0.2, -0.15) is 0 Å². The average Bonchev–Trinajstić information content (AvgIpc) is 2.51. The largest absolute Gasteiger partial charge is 0.461 e. The van der Waals surface area contributed by atoms with Gasteiger partial charge in [0.25, 0.3) is 0 Å². The van der Waals surface area contributed by atoms with Crippen molar-refractivity contribution in [1.82, 2.24) is 0 Å². The summed E-state index contributed by atoms with van der Waals surface area (Å²) >= 11 is 0. The molecule has 0 bridgehead atoms. The third-order valence-electron chi connectivity index (χ3n) is 1.92. The monoisotopic (exact) mass is 276 g/mol. The Labute approximate surface area is 119 Å². The smallest absolute Gasteiger partial charge is 0.306 e. The van der Waals surface area contributed by atoms with Gasteiger partial charge < -0.3 is 9.47 Å². The van der Waals surface area contributed by atoms with Crippen molar-refractivity contribution in [3.63, 3.8) is 0 Å². The van der Waals surface area contributed by atoms with Crippen molar-refractivity contribution in [2.24, 2.45) is 0 Å². The molecule has 20 heavy (non-hydrogen) atoms. The van der Waals surface area contributed by atoms with Crippen molar-refractivity contribution >= 4 is 11.9 Å². The van der Waals surface area contributed by atoms with Gasteiger partial charge in [0.2, 0.25) is 0 Å². The van der Waals surface area contributed by atoms with Crippen molar-refractivity contribution in [3.05, 3.63) is 61.7 Å². The highest BCUT2D eigenvalue weighted by molar-refractivity contribution is 5.77. The van der Waals surface area contributed by atoms with Crippen LogP contribution in [-0.4, -0.2) is 25.2 Å². The van der Waals surface area contributed by atoms with Gasteiger partial charge >= 0.3 is 11.9 Å². The summed E-state index contributed by atoms with van der Waals surface area (Å²) in [5, 5.41) is 0. The quantitative estimate of drug-likeness (QED) is 0.567. The van der Waals surface area contributed by atoms with Crippen LogP contribution in [0.3, 0.4) is 0 Å². The van der Waals surface area contributed by atoms with Gasteiger partial charge in [-0.25, -0.2) is 0 Å². The predicted molar refractivity (Wildman–Crippen MR) is 78.0 cm³/mol. The lowest BCUT2D eigenvalue weighted by Crippen LogP contribution is -2.10. The molecule has 0 saturated carbocycles. The molecule has 0 atom stereocenters. The van der Waals surface area contributed by atoms with Crippen LogP contribution in [0.4, 0.5) is 0 Å². The van der Waals surface area contributed by atoms with Gasteiger partial charge in [0.1, 0.15) is 13.2 Å².